The molecule has 2 fully saturated rings. The molecule has 102 valence electrons. The van der Waals surface area contributed by atoms with Gasteiger partial charge in [0.1, 0.15) is 0 Å². The summed E-state index contributed by atoms with van der Waals surface area (Å²) in [6, 6.07) is 7.97. The number of nitrogens with zero attached hydrogens (tertiary/aromatic N) is 1. The third-order valence-electron chi connectivity index (χ3n) is 4.32. The van der Waals surface area contributed by atoms with Gasteiger partial charge in [0.15, 0.2) is 0 Å². The summed E-state index contributed by atoms with van der Waals surface area (Å²) < 4.78 is 0. The van der Waals surface area contributed by atoms with Crippen molar-refractivity contribution in [1.82, 2.24) is 15.6 Å². The maximum Gasteiger partial charge on any atom is 0.319 e. The van der Waals surface area contributed by atoms with Crippen LogP contribution in [0.4, 0.5) is 10.5 Å². The van der Waals surface area contributed by atoms with Gasteiger partial charge in [0.05, 0.1) is 5.69 Å². The van der Waals surface area contributed by atoms with Crippen molar-refractivity contribution in [2.24, 2.45) is 11.8 Å². The highest BCUT2D eigenvalue weighted by molar-refractivity contribution is 6.01. The molecule has 5 heteroatoms. The molecule has 1 aromatic heterocycles. The summed E-state index contributed by atoms with van der Waals surface area (Å²) in [4.78, 5) is 16.2. The molecule has 2 heterocycles. The molecule has 2 unspecified atom stereocenters. The van der Waals surface area contributed by atoms with Crippen LogP contribution in [0, 0.1) is 11.8 Å². The van der Waals surface area contributed by atoms with E-state index < -0.39 is 0 Å². The van der Waals surface area contributed by atoms with Crippen molar-refractivity contribution in [2.75, 3.05) is 18.4 Å². The minimum atomic E-state index is -0.117. The first-order valence-electron chi connectivity index (χ1n) is 6.94. The van der Waals surface area contributed by atoms with E-state index in [1.165, 1.54) is 0 Å². The van der Waals surface area contributed by atoms with Crippen molar-refractivity contribution in [3.63, 3.8) is 0 Å². The number of fused-ring (bicyclic) bond motifs is 2. The molecule has 0 radical (unpaired) electrons. The first-order valence-corrected chi connectivity index (χ1v) is 6.94. The standard InChI is InChI=1S/C15H16N4O/c20-15(19-14-11-7-17-8-12(11)14)18-13-3-1-2-9-6-16-5-4-10(9)13/h1-6,11-12,14,17H,7-8H2,(H2,18,19,20). The summed E-state index contributed by atoms with van der Waals surface area (Å²) in [6.07, 6.45) is 3.54. The lowest BCUT2D eigenvalue weighted by Gasteiger charge is -2.11. The summed E-state index contributed by atoms with van der Waals surface area (Å²) in [5.74, 6) is 1.25. The molecular weight excluding hydrogens is 252 g/mol. The quantitative estimate of drug-likeness (QED) is 0.774. The molecule has 1 aliphatic carbocycles. The smallest absolute Gasteiger partial charge is 0.319 e. The van der Waals surface area contributed by atoms with Crippen LogP contribution in [0.3, 0.4) is 0 Å². The third-order valence-corrected chi connectivity index (χ3v) is 4.32. The van der Waals surface area contributed by atoms with E-state index in [0.717, 1.165) is 29.5 Å². The topological polar surface area (TPSA) is 66.0 Å². The Kier molecular flexibility index (Phi) is 2.60. The summed E-state index contributed by atoms with van der Waals surface area (Å²) in [7, 11) is 0. The molecular formula is C15H16N4O. The highest BCUT2D eigenvalue weighted by Gasteiger charge is 2.53. The van der Waals surface area contributed by atoms with Crippen molar-refractivity contribution in [1.29, 1.82) is 0 Å². The Labute approximate surface area is 116 Å². The van der Waals surface area contributed by atoms with E-state index in [0.29, 0.717) is 17.9 Å². The fourth-order valence-electron chi connectivity index (χ4n) is 3.17. The predicted molar refractivity (Wildman–Crippen MR) is 77.5 cm³/mol. The number of urea groups is 1. The van der Waals surface area contributed by atoms with Gasteiger partial charge in [-0.3, -0.25) is 4.98 Å². The number of benzene rings is 1. The maximum atomic E-state index is 12.1. The van der Waals surface area contributed by atoms with Gasteiger partial charge in [-0.25, -0.2) is 4.79 Å². The number of hydrogen-bond acceptors (Lipinski definition) is 3. The molecule has 0 spiro atoms. The lowest BCUT2D eigenvalue weighted by molar-refractivity contribution is 0.250. The van der Waals surface area contributed by atoms with Crippen molar-refractivity contribution >= 4 is 22.5 Å². The second-order valence-corrected chi connectivity index (χ2v) is 5.51. The van der Waals surface area contributed by atoms with E-state index in [2.05, 4.69) is 20.9 Å². The summed E-state index contributed by atoms with van der Waals surface area (Å²) in [6.45, 7) is 2.05. The number of amides is 2. The largest absolute Gasteiger partial charge is 0.334 e. The summed E-state index contributed by atoms with van der Waals surface area (Å²) in [5, 5.41) is 11.4. The first kappa shape index (κ1) is 11.7. The highest BCUT2D eigenvalue weighted by atomic mass is 16.2. The molecule has 2 aromatic rings. The van der Waals surface area contributed by atoms with Crippen LogP contribution in [0.2, 0.25) is 0 Å². The maximum absolute atomic E-state index is 12.1. The van der Waals surface area contributed by atoms with Crippen LogP contribution in [0.1, 0.15) is 0 Å². The van der Waals surface area contributed by atoms with E-state index in [9.17, 15) is 4.79 Å². The Morgan fingerprint density at radius 2 is 2.10 bits per heavy atom. The average Bonchev–Trinajstić information content (AvgIpc) is 2.90. The lowest BCUT2D eigenvalue weighted by Crippen LogP contribution is -2.35. The van der Waals surface area contributed by atoms with Gasteiger partial charge < -0.3 is 16.0 Å². The molecule has 1 saturated heterocycles. The number of aromatic nitrogens is 1. The Morgan fingerprint density at radius 3 is 2.95 bits per heavy atom. The second kappa shape index (κ2) is 4.45. The van der Waals surface area contributed by atoms with Gasteiger partial charge in [-0.15, -0.1) is 0 Å². The molecule has 1 aromatic carbocycles. The van der Waals surface area contributed by atoms with Crippen LogP contribution >= 0.6 is 0 Å². The zero-order chi connectivity index (χ0) is 13.5. The van der Waals surface area contributed by atoms with Crippen molar-refractivity contribution < 1.29 is 4.79 Å². The first-order chi connectivity index (χ1) is 9.83. The minimum absolute atomic E-state index is 0.117. The molecule has 2 atom stereocenters. The number of carbonyl (C=O) groups is 1. The number of pyridine rings is 1. The second-order valence-electron chi connectivity index (χ2n) is 5.51. The Hall–Kier alpha value is -2.14. The van der Waals surface area contributed by atoms with Gasteiger partial charge in [0.2, 0.25) is 0 Å². The monoisotopic (exact) mass is 268 g/mol. The van der Waals surface area contributed by atoms with E-state index in [1.807, 2.05) is 24.3 Å². The zero-order valence-corrected chi connectivity index (χ0v) is 11.0. The Balaban J connectivity index is 1.48. The Morgan fingerprint density at radius 1 is 1.25 bits per heavy atom. The van der Waals surface area contributed by atoms with Crippen molar-refractivity contribution in [3.8, 4) is 0 Å². The number of hydrogen-bond donors (Lipinski definition) is 3. The van der Waals surface area contributed by atoms with Crippen LogP contribution in [-0.2, 0) is 0 Å². The fraction of sp³-hybridized carbons (Fsp3) is 0.333. The molecule has 1 saturated carbocycles. The van der Waals surface area contributed by atoms with Crippen LogP contribution < -0.4 is 16.0 Å². The lowest BCUT2D eigenvalue weighted by atomic mass is 10.1. The minimum Gasteiger partial charge on any atom is -0.334 e. The van der Waals surface area contributed by atoms with Gasteiger partial charge in [-0.2, -0.15) is 0 Å². The number of piperidine rings is 1. The SMILES string of the molecule is O=C(Nc1cccc2cnccc12)NC1C2CNCC21. The molecule has 20 heavy (non-hydrogen) atoms. The zero-order valence-electron chi connectivity index (χ0n) is 11.0. The van der Waals surface area contributed by atoms with Gasteiger partial charge in [0.25, 0.3) is 0 Å². The molecule has 4 rings (SSSR count). The van der Waals surface area contributed by atoms with Crippen LogP contribution in [0.25, 0.3) is 10.8 Å². The van der Waals surface area contributed by atoms with Gasteiger partial charge in [0, 0.05) is 42.3 Å². The fourth-order valence-corrected chi connectivity index (χ4v) is 3.17. The van der Waals surface area contributed by atoms with Gasteiger partial charge >= 0.3 is 6.03 Å². The number of rotatable bonds is 2. The van der Waals surface area contributed by atoms with Crippen LogP contribution in [-0.4, -0.2) is 30.1 Å². The summed E-state index contributed by atoms with van der Waals surface area (Å²) >= 11 is 0. The van der Waals surface area contributed by atoms with Crippen LogP contribution in [0.5, 0.6) is 0 Å². The predicted octanol–water partition coefficient (Wildman–Crippen LogP) is 1.57. The summed E-state index contributed by atoms with van der Waals surface area (Å²) in [5.41, 5.74) is 0.825. The molecule has 2 amide bonds. The van der Waals surface area contributed by atoms with Crippen molar-refractivity contribution in [3.05, 3.63) is 36.7 Å². The van der Waals surface area contributed by atoms with Gasteiger partial charge in [-0.1, -0.05) is 12.1 Å². The number of carbonyl (C=O) groups excluding carboxylic acids is 1. The van der Waals surface area contributed by atoms with Crippen molar-refractivity contribution in [2.45, 2.75) is 6.04 Å². The van der Waals surface area contributed by atoms with Gasteiger partial charge in [-0.05, 0) is 24.0 Å². The average molecular weight is 268 g/mol. The molecule has 5 nitrogen and oxygen atoms in total. The van der Waals surface area contributed by atoms with E-state index >= 15 is 0 Å². The third kappa shape index (κ3) is 1.91. The normalized spacial score (nSPS) is 27.1. The Bertz CT molecular complexity index is 656. The van der Waals surface area contributed by atoms with Crippen LogP contribution in [0.15, 0.2) is 36.7 Å². The molecule has 2 aliphatic rings. The molecule has 1 aliphatic heterocycles. The van der Waals surface area contributed by atoms with E-state index in [-0.39, 0.29) is 6.03 Å². The number of nitrogens with one attached hydrogen (secondary N) is 3. The number of anilines is 1. The highest BCUT2D eigenvalue weighted by Crippen LogP contribution is 2.41. The molecule has 3 N–H and O–H groups in total. The van der Waals surface area contributed by atoms with E-state index in [1.54, 1.807) is 12.4 Å². The van der Waals surface area contributed by atoms with E-state index in [4.69, 9.17) is 0 Å². The molecule has 0 bridgehead atoms.